The first-order chi connectivity index (χ1) is 19.1. The van der Waals surface area contributed by atoms with E-state index in [1.807, 2.05) is 18.2 Å². The van der Waals surface area contributed by atoms with Gasteiger partial charge in [-0.15, -0.1) is 0 Å². The maximum Gasteiger partial charge on any atom is 0.490 e. The zero-order chi connectivity index (χ0) is 28.7. The first-order valence-corrected chi connectivity index (χ1v) is 13.1. The first kappa shape index (κ1) is 29.3. The third-order valence-corrected chi connectivity index (χ3v) is 6.79. The summed E-state index contributed by atoms with van der Waals surface area (Å²) in [6.07, 6.45) is -5.08. The predicted molar refractivity (Wildman–Crippen MR) is 151 cm³/mol. The Labute approximate surface area is 231 Å². The zero-order valence-corrected chi connectivity index (χ0v) is 22.7. The van der Waals surface area contributed by atoms with Crippen LogP contribution in [0, 0.1) is 0 Å². The van der Waals surface area contributed by atoms with Crippen molar-refractivity contribution in [1.29, 1.82) is 0 Å². The summed E-state index contributed by atoms with van der Waals surface area (Å²) in [6.45, 7) is 7.97. The number of carboxylic acids is 1. The van der Waals surface area contributed by atoms with Gasteiger partial charge in [0.2, 0.25) is 0 Å². The summed E-state index contributed by atoms with van der Waals surface area (Å²) in [6, 6.07) is 25.9. The molecule has 1 fully saturated rings. The van der Waals surface area contributed by atoms with Gasteiger partial charge < -0.3 is 15.0 Å². The molecule has 1 aliphatic rings. The van der Waals surface area contributed by atoms with E-state index in [1.165, 1.54) is 36.3 Å². The van der Waals surface area contributed by atoms with E-state index in [0.29, 0.717) is 0 Å². The van der Waals surface area contributed by atoms with Crippen molar-refractivity contribution in [3.8, 4) is 22.5 Å². The molecule has 1 aliphatic heterocycles. The summed E-state index contributed by atoms with van der Waals surface area (Å²) >= 11 is 0. The van der Waals surface area contributed by atoms with E-state index in [1.54, 1.807) is 0 Å². The van der Waals surface area contributed by atoms with Gasteiger partial charge in [-0.2, -0.15) is 13.2 Å². The Kier molecular flexibility index (Phi) is 9.57. The molecule has 1 saturated heterocycles. The van der Waals surface area contributed by atoms with Crippen LogP contribution >= 0.6 is 0 Å². The van der Waals surface area contributed by atoms with Crippen LogP contribution in [0.5, 0.6) is 0 Å². The molecule has 0 aliphatic carbocycles. The number of H-pyrrole nitrogens is 1. The molecule has 3 aromatic carbocycles. The molecule has 7 nitrogen and oxygen atoms in total. The van der Waals surface area contributed by atoms with Gasteiger partial charge in [0, 0.05) is 51.4 Å². The Balaban J connectivity index is 0.000000470. The Bertz CT molecular complexity index is 1360. The molecule has 0 unspecified atom stereocenters. The van der Waals surface area contributed by atoms with Gasteiger partial charge in [0.25, 0.3) is 0 Å². The van der Waals surface area contributed by atoms with Crippen LogP contribution in [-0.4, -0.2) is 95.3 Å². The van der Waals surface area contributed by atoms with Crippen molar-refractivity contribution in [2.45, 2.75) is 12.7 Å². The number of nitrogens with zero attached hydrogens (tertiary/aromatic N) is 4. The lowest BCUT2D eigenvalue weighted by Gasteiger charge is -2.35. The molecule has 0 amide bonds. The summed E-state index contributed by atoms with van der Waals surface area (Å²) in [4.78, 5) is 24.5. The lowest BCUT2D eigenvalue weighted by molar-refractivity contribution is -0.192. The van der Waals surface area contributed by atoms with Gasteiger partial charge in [0.05, 0.1) is 11.0 Å². The van der Waals surface area contributed by atoms with E-state index in [2.05, 4.69) is 88.4 Å². The van der Waals surface area contributed by atoms with Crippen molar-refractivity contribution >= 4 is 17.0 Å². The maximum atomic E-state index is 10.6. The van der Waals surface area contributed by atoms with Gasteiger partial charge in [-0.05, 0) is 49.0 Å². The number of alkyl halides is 3. The Hall–Kier alpha value is -3.73. The van der Waals surface area contributed by atoms with E-state index < -0.39 is 12.1 Å². The van der Waals surface area contributed by atoms with Crippen LogP contribution in [0.2, 0.25) is 0 Å². The predicted octanol–water partition coefficient (Wildman–Crippen LogP) is 5.21. The van der Waals surface area contributed by atoms with Gasteiger partial charge in [0.1, 0.15) is 5.82 Å². The quantitative estimate of drug-likeness (QED) is 0.327. The number of hydrogen-bond donors (Lipinski definition) is 2. The number of aliphatic carboxylic acids is 1. The minimum absolute atomic E-state index is 0.916. The molecule has 0 saturated carbocycles. The molecule has 10 heteroatoms. The average Bonchev–Trinajstić information content (AvgIpc) is 3.38. The molecule has 212 valence electrons. The summed E-state index contributed by atoms with van der Waals surface area (Å²) < 4.78 is 31.7. The van der Waals surface area contributed by atoms with E-state index >= 15 is 0 Å². The summed E-state index contributed by atoms with van der Waals surface area (Å²) in [5.41, 5.74) is 7.02. The largest absolute Gasteiger partial charge is 0.490 e. The topological polar surface area (TPSA) is 75.7 Å². The number of likely N-dealkylation sites (N-methyl/N-ethyl adjacent to an activating group) is 1. The smallest absolute Gasteiger partial charge is 0.475 e. The molecule has 4 aromatic rings. The van der Waals surface area contributed by atoms with E-state index in [-0.39, 0.29) is 0 Å². The van der Waals surface area contributed by atoms with Crippen molar-refractivity contribution in [2.75, 3.05) is 53.4 Å². The molecule has 0 atom stereocenters. The number of para-hydroxylation sites is 2. The molecule has 1 aromatic heterocycles. The van der Waals surface area contributed by atoms with Crippen LogP contribution in [0.3, 0.4) is 0 Å². The van der Waals surface area contributed by atoms with Crippen LogP contribution in [0.1, 0.15) is 5.56 Å². The SMILES string of the molecule is CN(C)CCN1CCN(Cc2ccc(-c3cccc(-c4nc5ccccc5[nH]4)c3)cc2)CC1.O=C(O)C(F)(F)F. The normalized spacial score (nSPS) is 14.8. The Morgan fingerprint density at radius 2 is 1.52 bits per heavy atom. The standard InChI is InChI=1S/C28H33N5.C2HF3O2/c1-31(2)14-15-32-16-18-33(19-17-32)21-22-10-12-23(13-11-22)24-6-5-7-25(20-24)28-29-26-8-3-4-9-27(26)30-28;3-2(4,5)1(6)7/h3-13,20H,14-19,21H2,1-2H3,(H,29,30);(H,6,7). The summed E-state index contributed by atoms with van der Waals surface area (Å²) in [5.74, 6) is -1.84. The lowest BCUT2D eigenvalue weighted by atomic mass is 10.0. The molecule has 0 bridgehead atoms. The van der Waals surface area contributed by atoms with E-state index in [4.69, 9.17) is 14.9 Å². The first-order valence-electron chi connectivity index (χ1n) is 13.1. The lowest BCUT2D eigenvalue weighted by Crippen LogP contribution is -2.47. The number of benzene rings is 3. The molecular weight excluding hydrogens is 519 g/mol. The number of imidazole rings is 1. The summed E-state index contributed by atoms with van der Waals surface area (Å²) in [7, 11) is 4.30. The van der Waals surface area contributed by atoms with Crippen LogP contribution in [0.25, 0.3) is 33.5 Å². The molecule has 5 rings (SSSR count). The second-order valence-corrected chi connectivity index (χ2v) is 10.1. The fourth-order valence-electron chi connectivity index (χ4n) is 4.51. The van der Waals surface area contributed by atoms with Crippen LogP contribution in [0.15, 0.2) is 72.8 Å². The number of halogens is 3. The third-order valence-electron chi connectivity index (χ3n) is 6.79. The number of piperazine rings is 1. The molecule has 40 heavy (non-hydrogen) atoms. The minimum atomic E-state index is -5.08. The summed E-state index contributed by atoms with van der Waals surface area (Å²) in [5, 5.41) is 7.12. The highest BCUT2D eigenvalue weighted by Gasteiger charge is 2.38. The molecule has 2 N–H and O–H groups in total. The highest BCUT2D eigenvalue weighted by Crippen LogP contribution is 2.27. The van der Waals surface area contributed by atoms with Gasteiger partial charge in [-0.1, -0.05) is 54.6 Å². The average molecular weight is 554 g/mol. The van der Waals surface area contributed by atoms with Crippen molar-refractivity contribution in [2.24, 2.45) is 0 Å². The number of nitrogens with one attached hydrogen (secondary N) is 1. The van der Waals surface area contributed by atoms with Gasteiger partial charge in [-0.25, -0.2) is 9.78 Å². The van der Waals surface area contributed by atoms with Crippen LogP contribution in [-0.2, 0) is 11.3 Å². The third kappa shape index (κ3) is 8.14. The monoisotopic (exact) mass is 553 g/mol. The highest BCUT2D eigenvalue weighted by molar-refractivity contribution is 5.80. The second-order valence-electron chi connectivity index (χ2n) is 10.1. The molecule has 0 radical (unpaired) electrons. The van der Waals surface area contributed by atoms with Crippen molar-refractivity contribution in [3.63, 3.8) is 0 Å². The van der Waals surface area contributed by atoms with E-state index in [0.717, 1.165) is 48.6 Å². The fourth-order valence-corrected chi connectivity index (χ4v) is 4.51. The van der Waals surface area contributed by atoms with Crippen LogP contribution in [0.4, 0.5) is 13.2 Å². The number of rotatable bonds is 7. The molecule has 0 spiro atoms. The van der Waals surface area contributed by atoms with E-state index in [9.17, 15) is 13.2 Å². The second kappa shape index (κ2) is 13.1. The minimum Gasteiger partial charge on any atom is -0.475 e. The number of fused-ring (bicyclic) bond motifs is 1. The number of aromatic amines is 1. The number of carboxylic acid groups (broad SMARTS) is 1. The zero-order valence-electron chi connectivity index (χ0n) is 22.7. The van der Waals surface area contributed by atoms with Gasteiger partial charge in [0.15, 0.2) is 0 Å². The number of aromatic nitrogens is 2. The van der Waals surface area contributed by atoms with Gasteiger partial charge >= 0.3 is 12.1 Å². The highest BCUT2D eigenvalue weighted by atomic mass is 19.4. The maximum absolute atomic E-state index is 10.6. The molecule has 2 heterocycles. The fraction of sp³-hybridized carbons (Fsp3) is 0.333. The van der Waals surface area contributed by atoms with Crippen molar-refractivity contribution in [3.05, 3.63) is 78.4 Å². The Morgan fingerprint density at radius 1 is 0.900 bits per heavy atom. The number of hydrogen-bond acceptors (Lipinski definition) is 5. The molecular formula is C30H34F3N5O2. The van der Waals surface area contributed by atoms with Gasteiger partial charge in [-0.3, -0.25) is 9.80 Å². The van der Waals surface area contributed by atoms with Crippen LogP contribution < -0.4 is 0 Å². The number of carbonyl (C=O) groups is 1. The Morgan fingerprint density at radius 3 is 2.15 bits per heavy atom. The van der Waals surface area contributed by atoms with Crippen molar-refractivity contribution in [1.82, 2.24) is 24.7 Å². The van der Waals surface area contributed by atoms with Crippen molar-refractivity contribution < 1.29 is 23.1 Å².